The average molecular weight is 531 g/mol. The molecule has 0 aromatic carbocycles. The van der Waals surface area contributed by atoms with E-state index in [9.17, 15) is 4.79 Å². The van der Waals surface area contributed by atoms with Crippen LogP contribution in [0.4, 0.5) is 0 Å². The molecule has 0 bridgehead atoms. The van der Waals surface area contributed by atoms with Crippen molar-refractivity contribution in [2.24, 2.45) is 4.99 Å². The van der Waals surface area contributed by atoms with E-state index < -0.39 is 0 Å². The van der Waals surface area contributed by atoms with Gasteiger partial charge >= 0.3 is 0 Å². The largest absolute Gasteiger partial charge is 0.448 e. The molecule has 5 aromatic rings. The number of carbonyl (C=O) groups excluding carboxylic acids is 1. The first-order valence-electron chi connectivity index (χ1n) is 11.5. The fourth-order valence-corrected chi connectivity index (χ4v) is 3.26. The summed E-state index contributed by atoms with van der Waals surface area (Å²) in [6, 6.07) is 0. The molecule has 5 rings (SSSR count). The number of hydrogen-bond donors (Lipinski definition) is 1. The maximum absolute atomic E-state index is 11.9. The van der Waals surface area contributed by atoms with Gasteiger partial charge in [-0.15, -0.1) is 0 Å². The molecule has 1 amide bonds. The molecule has 0 saturated carbocycles. The third-order valence-electron chi connectivity index (χ3n) is 4.98. The third-order valence-corrected chi connectivity index (χ3v) is 4.98. The number of nitrogens with zero attached hydrogens (tertiary/aromatic N) is 6. The molecule has 39 heavy (non-hydrogen) atoms. The van der Waals surface area contributed by atoms with E-state index in [0.717, 1.165) is 0 Å². The quantitative estimate of drug-likeness (QED) is 0.154. The predicted octanol–water partition coefficient (Wildman–Crippen LogP) is 4.17. The van der Waals surface area contributed by atoms with Crippen molar-refractivity contribution in [3.8, 4) is 34.8 Å². The summed E-state index contributed by atoms with van der Waals surface area (Å²) in [5, 5.41) is 2.65. The summed E-state index contributed by atoms with van der Waals surface area (Å²) in [6.07, 6.45) is 11.9. The van der Waals surface area contributed by atoms with Gasteiger partial charge in [-0.2, -0.15) is 0 Å². The van der Waals surface area contributed by atoms with Crippen LogP contribution in [0.5, 0.6) is 0 Å². The van der Waals surface area contributed by atoms with Crippen molar-refractivity contribution >= 4 is 17.9 Å². The van der Waals surface area contributed by atoms with Crippen LogP contribution in [0.1, 0.15) is 34.9 Å². The van der Waals surface area contributed by atoms with Gasteiger partial charge in [-0.1, -0.05) is 12.7 Å². The zero-order valence-corrected chi connectivity index (χ0v) is 20.8. The Balaban J connectivity index is 1.20. The lowest BCUT2D eigenvalue weighted by atomic mass is 10.3. The normalized spacial score (nSPS) is 11.8. The number of carbonyl (C=O) groups is 1. The Hall–Kier alpha value is -5.53. The van der Waals surface area contributed by atoms with E-state index >= 15 is 0 Å². The highest BCUT2D eigenvalue weighted by Crippen LogP contribution is 2.24. The lowest BCUT2D eigenvalue weighted by molar-refractivity contribution is 0.0951. The fourth-order valence-electron chi connectivity index (χ4n) is 3.26. The standard InChI is InChI=1S/C25H21N7O7/c1-4-27-21(33)14-9-37-25(30-14)18-13-39-24(32-18)17-11-36-20(29-17)8-6-7-19-28-16(10-35-19)23-31-15(12-38-23)22(26-3)34-5-2/h5-7,9-13H,2,4,8H2,1,3H3,(H,27,33)/b7-6+,26-22?. The van der Waals surface area contributed by atoms with E-state index in [2.05, 4.69) is 41.8 Å². The third kappa shape index (κ3) is 5.58. The van der Waals surface area contributed by atoms with Crippen molar-refractivity contribution < 1.29 is 31.6 Å². The van der Waals surface area contributed by atoms with Crippen LogP contribution in [0.3, 0.4) is 0 Å². The first kappa shape index (κ1) is 25.1. The first-order valence-corrected chi connectivity index (χ1v) is 11.5. The Morgan fingerprint density at radius 3 is 2.31 bits per heavy atom. The van der Waals surface area contributed by atoms with Crippen molar-refractivity contribution in [1.82, 2.24) is 30.2 Å². The number of aromatic nitrogens is 5. The summed E-state index contributed by atoms with van der Waals surface area (Å²) in [7, 11) is 1.57. The molecule has 0 aliphatic carbocycles. The summed E-state index contributed by atoms with van der Waals surface area (Å²) in [4.78, 5) is 37.3. The highest BCUT2D eigenvalue weighted by atomic mass is 16.5. The van der Waals surface area contributed by atoms with Crippen LogP contribution in [-0.4, -0.2) is 50.3 Å². The maximum Gasteiger partial charge on any atom is 0.273 e. The Kier molecular flexibility index (Phi) is 7.25. The number of hydrogen-bond acceptors (Lipinski definition) is 13. The topological polar surface area (TPSA) is 181 Å². The van der Waals surface area contributed by atoms with Gasteiger partial charge in [-0.05, 0) is 13.0 Å². The molecular weight excluding hydrogens is 510 g/mol. The van der Waals surface area contributed by atoms with E-state index in [4.69, 9.17) is 26.8 Å². The van der Waals surface area contributed by atoms with Crippen molar-refractivity contribution in [2.45, 2.75) is 13.3 Å². The highest BCUT2D eigenvalue weighted by Gasteiger charge is 2.19. The summed E-state index contributed by atoms with van der Waals surface area (Å²) < 4.78 is 32.4. The lowest BCUT2D eigenvalue weighted by Crippen LogP contribution is -2.22. The molecule has 5 heterocycles. The van der Waals surface area contributed by atoms with E-state index in [1.165, 1.54) is 37.6 Å². The van der Waals surface area contributed by atoms with Gasteiger partial charge in [0.2, 0.25) is 29.5 Å². The van der Waals surface area contributed by atoms with Gasteiger partial charge in [-0.25, -0.2) is 24.9 Å². The number of nitrogens with one attached hydrogen (secondary N) is 1. The molecule has 0 atom stereocenters. The predicted molar refractivity (Wildman–Crippen MR) is 134 cm³/mol. The van der Waals surface area contributed by atoms with Gasteiger partial charge in [0, 0.05) is 20.0 Å². The summed E-state index contributed by atoms with van der Waals surface area (Å²) in [5.74, 6) is 1.26. The molecule has 0 saturated heterocycles. The van der Waals surface area contributed by atoms with E-state index in [1.807, 2.05) is 6.92 Å². The van der Waals surface area contributed by atoms with Crippen LogP contribution >= 0.6 is 0 Å². The molecule has 14 nitrogen and oxygen atoms in total. The smallest absolute Gasteiger partial charge is 0.273 e. The van der Waals surface area contributed by atoms with Crippen LogP contribution in [0, 0.1) is 0 Å². The molecule has 0 radical (unpaired) electrons. The molecular formula is C25H21N7O7. The molecule has 198 valence electrons. The number of rotatable bonds is 10. The second-order valence-corrected chi connectivity index (χ2v) is 7.59. The van der Waals surface area contributed by atoms with Crippen molar-refractivity contribution in [2.75, 3.05) is 13.6 Å². The van der Waals surface area contributed by atoms with Gasteiger partial charge in [-0.3, -0.25) is 9.79 Å². The SMILES string of the molecule is C=COC(=NC)c1coc(-c2coc(/C=C/Cc3nc(-c4nc(-c5nc(C(=O)NCC)co5)co4)co3)n2)n1. The molecule has 0 unspecified atom stereocenters. The van der Waals surface area contributed by atoms with Crippen LogP contribution < -0.4 is 5.32 Å². The Labute approximate surface area is 220 Å². The fraction of sp³-hybridized carbons (Fsp3) is 0.160. The second kappa shape index (κ2) is 11.2. The summed E-state index contributed by atoms with van der Waals surface area (Å²) >= 11 is 0. The van der Waals surface area contributed by atoms with Crippen LogP contribution in [0.25, 0.3) is 40.8 Å². The molecule has 0 aliphatic rings. The van der Waals surface area contributed by atoms with Crippen molar-refractivity contribution in [3.63, 3.8) is 0 Å². The number of aliphatic imine (C=N–C) groups is 1. The summed E-state index contributed by atoms with van der Waals surface area (Å²) in [6.45, 7) is 5.79. The molecule has 14 heteroatoms. The summed E-state index contributed by atoms with van der Waals surface area (Å²) in [5.41, 5.74) is 1.64. The molecule has 0 spiro atoms. The monoisotopic (exact) mass is 531 g/mol. The Morgan fingerprint density at radius 2 is 1.54 bits per heavy atom. The number of oxazole rings is 5. The van der Waals surface area contributed by atoms with Gasteiger partial charge in [0.05, 0.1) is 6.26 Å². The van der Waals surface area contributed by atoms with Crippen LogP contribution in [0.15, 0.2) is 77.3 Å². The van der Waals surface area contributed by atoms with E-state index in [-0.39, 0.29) is 35.2 Å². The van der Waals surface area contributed by atoms with Gasteiger partial charge in [0.15, 0.2) is 34.4 Å². The lowest BCUT2D eigenvalue weighted by Gasteiger charge is -1.97. The van der Waals surface area contributed by atoms with Gasteiger partial charge in [0.25, 0.3) is 5.91 Å². The van der Waals surface area contributed by atoms with Crippen LogP contribution in [-0.2, 0) is 11.2 Å². The van der Waals surface area contributed by atoms with Crippen molar-refractivity contribution in [3.05, 3.63) is 73.4 Å². The minimum absolute atomic E-state index is 0.147. The minimum atomic E-state index is -0.340. The number of allylic oxidation sites excluding steroid dienone is 1. The molecule has 5 aromatic heterocycles. The van der Waals surface area contributed by atoms with Crippen molar-refractivity contribution in [1.29, 1.82) is 0 Å². The number of amides is 1. The number of ether oxygens (including phenoxy) is 1. The van der Waals surface area contributed by atoms with Gasteiger partial charge in [0.1, 0.15) is 31.3 Å². The molecule has 1 N–H and O–H groups in total. The highest BCUT2D eigenvalue weighted by molar-refractivity contribution is 5.92. The van der Waals surface area contributed by atoms with E-state index in [1.54, 1.807) is 19.2 Å². The minimum Gasteiger partial charge on any atom is -0.448 e. The zero-order valence-electron chi connectivity index (χ0n) is 20.8. The maximum atomic E-state index is 11.9. The van der Waals surface area contributed by atoms with Gasteiger partial charge < -0.3 is 32.1 Å². The Bertz CT molecular complexity index is 1650. The average Bonchev–Trinajstić information content (AvgIpc) is 3.77. The molecule has 0 aliphatic heterocycles. The Morgan fingerprint density at radius 1 is 0.897 bits per heavy atom. The zero-order chi connectivity index (χ0) is 27.2. The molecule has 0 fully saturated rings. The first-order chi connectivity index (χ1) is 19.1. The van der Waals surface area contributed by atoms with E-state index in [0.29, 0.717) is 47.5 Å². The van der Waals surface area contributed by atoms with Crippen LogP contribution in [0.2, 0.25) is 0 Å². The second-order valence-electron chi connectivity index (χ2n) is 7.59.